The van der Waals surface area contributed by atoms with Gasteiger partial charge in [0, 0.05) is 17.9 Å². The fourth-order valence-corrected chi connectivity index (χ4v) is 3.83. The quantitative estimate of drug-likeness (QED) is 0.459. The third kappa shape index (κ3) is 6.31. The van der Waals surface area contributed by atoms with Crippen LogP contribution in [0.2, 0.25) is 0 Å². The lowest BCUT2D eigenvalue weighted by atomic mass is 9.98. The lowest BCUT2D eigenvalue weighted by Gasteiger charge is -2.25. The second kappa shape index (κ2) is 10.2. The van der Waals surface area contributed by atoms with Crippen LogP contribution in [0.15, 0.2) is 48.5 Å². The number of ether oxygens (including phenoxy) is 1. The van der Waals surface area contributed by atoms with Gasteiger partial charge in [0.25, 0.3) is 0 Å². The Hall–Kier alpha value is -3.88. The highest BCUT2D eigenvalue weighted by atomic mass is 16.5. The Morgan fingerprint density at radius 3 is 2.00 bits per heavy atom. The van der Waals surface area contributed by atoms with Crippen LogP contribution in [-0.2, 0) is 19.1 Å². The van der Waals surface area contributed by atoms with Gasteiger partial charge >= 0.3 is 12.1 Å². The topological polar surface area (TPSA) is 134 Å². The van der Waals surface area contributed by atoms with Gasteiger partial charge in [-0.05, 0) is 36.1 Å². The van der Waals surface area contributed by atoms with Gasteiger partial charge < -0.3 is 25.8 Å². The van der Waals surface area contributed by atoms with Crippen molar-refractivity contribution in [3.63, 3.8) is 0 Å². The molecule has 2 aromatic carbocycles. The van der Waals surface area contributed by atoms with Gasteiger partial charge in [-0.3, -0.25) is 14.4 Å². The summed E-state index contributed by atoms with van der Waals surface area (Å²) >= 11 is 0. The van der Waals surface area contributed by atoms with Crippen LogP contribution in [0.5, 0.6) is 0 Å². The lowest BCUT2D eigenvalue weighted by Crippen LogP contribution is -2.48. The van der Waals surface area contributed by atoms with Crippen molar-refractivity contribution in [1.29, 1.82) is 0 Å². The van der Waals surface area contributed by atoms with Crippen molar-refractivity contribution < 1.29 is 29.0 Å². The molecule has 3 amide bonds. The maximum absolute atomic E-state index is 12.5. The van der Waals surface area contributed by atoms with Gasteiger partial charge in [0.1, 0.15) is 13.2 Å². The van der Waals surface area contributed by atoms with E-state index in [0.717, 1.165) is 22.3 Å². The molecule has 0 atom stereocenters. The summed E-state index contributed by atoms with van der Waals surface area (Å²) in [5, 5.41) is 15.8. The van der Waals surface area contributed by atoms with Crippen LogP contribution >= 0.6 is 0 Å². The Labute approximate surface area is 191 Å². The standard InChI is InChI=1S/C24H27N3O6/c1-24(2,11-20(28)25-12-21(29)26-13-22(30)31)27-23(32)33-14-19-17-9-5-3-7-15(17)16-8-4-6-10-18(16)19/h3-10,19H,11-14H2,1-2H3,(H,25,28)(H,26,29)(H,27,32)(H,30,31). The number of carboxylic acid groups (broad SMARTS) is 1. The summed E-state index contributed by atoms with van der Waals surface area (Å²) in [5.74, 6) is -2.33. The molecular weight excluding hydrogens is 426 g/mol. The van der Waals surface area contributed by atoms with Crippen LogP contribution in [0.3, 0.4) is 0 Å². The number of alkyl carbamates (subject to hydrolysis) is 1. The van der Waals surface area contributed by atoms with Gasteiger partial charge in [0.2, 0.25) is 11.8 Å². The predicted molar refractivity (Wildman–Crippen MR) is 121 cm³/mol. The number of nitrogens with one attached hydrogen (secondary N) is 3. The van der Waals surface area contributed by atoms with E-state index in [4.69, 9.17) is 9.84 Å². The summed E-state index contributed by atoms with van der Waals surface area (Å²) in [5.41, 5.74) is 3.54. The van der Waals surface area contributed by atoms with Gasteiger partial charge in [0.05, 0.1) is 6.54 Å². The van der Waals surface area contributed by atoms with E-state index in [1.165, 1.54) is 0 Å². The second-order valence-electron chi connectivity index (χ2n) is 8.46. The fourth-order valence-electron chi connectivity index (χ4n) is 3.83. The number of carbonyl (C=O) groups is 4. The molecule has 0 bridgehead atoms. The minimum absolute atomic E-state index is 0.0705. The molecule has 33 heavy (non-hydrogen) atoms. The van der Waals surface area contributed by atoms with Crippen molar-refractivity contribution in [3.8, 4) is 11.1 Å². The molecule has 1 aliphatic carbocycles. The Kier molecular flexibility index (Phi) is 7.32. The summed E-state index contributed by atoms with van der Waals surface area (Å²) in [7, 11) is 0. The van der Waals surface area contributed by atoms with Gasteiger partial charge in [0.15, 0.2) is 0 Å². The first-order chi connectivity index (χ1) is 15.7. The number of carbonyl (C=O) groups excluding carboxylic acids is 3. The molecule has 174 valence electrons. The predicted octanol–water partition coefficient (Wildman–Crippen LogP) is 2.01. The first-order valence-electron chi connectivity index (χ1n) is 10.5. The average molecular weight is 453 g/mol. The van der Waals surface area contributed by atoms with Crippen LogP contribution in [-0.4, -0.2) is 54.2 Å². The zero-order valence-corrected chi connectivity index (χ0v) is 18.5. The molecule has 0 saturated carbocycles. The Bertz CT molecular complexity index is 1020. The third-order valence-corrected chi connectivity index (χ3v) is 5.27. The Balaban J connectivity index is 1.50. The van der Waals surface area contributed by atoms with E-state index in [1.54, 1.807) is 13.8 Å². The van der Waals surface area contributed by atoms with Crippen molar-refractivity contribution >= 4 is 23.9 Å². The maximum atomic E-state index is 12.5. The fraction of sp³-hybridized carbons (Fsp3) is 0.333. The SMILES string of the molecule is CC(C)(CC(=O)NCC(=O)NCC(=O)O)NC(=O)OCC1c2ccccc2-c2ccccc21. The van der Waals surface area contributed by atoms with E-state index >= 15 is 0 Å². The van der Waals surface area contributed by atoms with Crippen molar-refractivity contribution in [2.45, 2.75) is 31.7 Å². The number of aliphatic carboxylic acids is 1. The summed E-state index contributed by atoms with van der Waals surface area (Å²) in [4.78, 5) is 46.5. The third-order valence-electron chi connectivity index (χ3n) is 5.27. The van der Waals surface area contributed by atoms with Crippen molar-refractivity contribution in [2.75, 3.05) is 19.7 Å². The molecule has 4 N–H and O–H groups in total. The molecule has 0 aliphatic heterocycles. The van der Waals surface area contributed by atoms with E-state index in [2.05, 4.69) is 28.1 Å². The zero-order chi connectivity index (χ0) is 24.0. The van der Waals surface area contributed by atoms with E-state index < -0.39 is 36.0 Å². The minimum Gasteiger partial charge on any atom is -0.480 e. The van der Waals surface area contributed by atoms with Crippen molar-refractivity contribution in [3.05, 3.63) is 59.7 Å². The molecule has 1 aliphatic rings. The van der Waals surface area contributed by atoms with Crippen molar-refractivity contribution in [1.82, 2.24) is 16.0 Å². The lowest BCUT2D eigenvalue weighted by molar-refractivity contribution is -0.137. The first kappa shape index (κ1) is 23.8. The van der Waals surface area contributed by atoms with Gasteiger partial charge in [-0.15, -0.1) is 0 Å². The van der Waals surface area contributed by atoms with E-state index in [-0.39, 0.29) is 25.5 Å². The second-order valence-corrected chi connectivity index (χ2v) is 8.46. The number of rotatable bonds is 9. The highest BCUT2D eigenvalue weighted by molar-refractivity contribution is 5.87. The van der Waals surface area contributed by atoms with Crippen LogP contribution in [0, 0.1) is 0 Å². The molecule has 3 rings (SSSR count). The molecular formula is C24H27N3O6. The van der Waals surface area contributed by atoms with Crippen LogP contribution in [0.25, 0.3) is 11.1 Å². The Morgan fingerprint density at radius 1 is 0.879 bits per heavy atom. The van der Waals surface area contributed by atoms with Crippen LogP contribution in [0.4, 0.5) is 4.79 Å². The molecule has 0 spiro atoms. The molecule has 0 unspecified atom stereocenters. The highest BCUT2D eigenvalue weighted by Gasteiger charge is 2.30. The molecule has 0 heterocycles. The number of hydrogen-bond acceptors (Lipinski definition) is 5. The Morgan fingerprint density at radius 2 is 1.42 bits per heavy atom. The van der Waals surface area contributed by atoms with Crippen LogP contribution in [0.1, 0.15) is 37.3 Å². The van der Waals surface area contributed by atoms with Gasteiger partial charge in [-0.1, -0.05) is 48.5 Å². The van der Waals surface area contributed by atoms with E-state index in [1.807, 2.05) is 36.4 Å². The summed E-state index contributed by atoms with van der Waals surface area (Å²) in [6.07, 6.45) is -0.738. The molecule has 0 aromatic heterocycles. The number of carboxylic acids is 1. The molecule has 0 fully saturated rings. The number of fused-ring (bicyclic) bond motifs is 3. The molecule has 2 aromatic rings. The normalized spacial score (nSPS) is 12.3. The van der Waals surface area contributed by atoms with Gasteiger partial charge in [-0.25, -0.2) is 4.79 Å². The summed E-state index contributed by atoms with van der Waals surface area (Å²) in [6, 6.07) is 16.0. The smallest absolute Gasteiger partial charge is 0.407 e. The summed E-state index contributed by atoms with van der Waals surface area (Å²) in [6.45, 7) is 2.61. The number of benzene rings is 2. The van der Waals surface area contributed by atoms with Crippen LogP contribution < -0.4 is 16.0 Å². The average Bonchev–Trinajstić information content (AvgIpc) is 3.08. The molecule has 9 nitrogen and oxygen atoms in total. The monoisotopic (exact) mass is 453 g/mol. The zero-order valence-electron chi connectivity index (χ0n) is 18.5. The number of hydrogen-bond donors (Lipinski definition) is 4. The highest BCUT2D eigenvalue weighted by Crippen LogP contribution is 2.44. The van der Waals surface area contributed by atoms with E-state index in [0.29, 0.717) is 0 Å². The summed E-state index contributed by atoms with van der Waals surface area (Å²) < 4.78 is 5.51. The van der Waals surface area contributed by atoms with E-state index in [9.17, 15) is 19.2 Å². The maximum Gasteiger partial charge on any atom is 0.407 e. The molecule has 0 saturated heterocycles. The molecule has 9 heteroatoms. The minimum atomic E-state index is -1.18. The van der Waals surface area contributed by atoms with Crippen molar-refractivity contribution in [2.24, 2.45) is 0 Å². The first-order valence-corrected chi connectivity index (χ1v) is 10.5. The molecule has 0 radical (unpaired) electrons. The largest absolute Gasteiger partial charge is 0.480 e. The number of amides is 3. The van der Waals surface area contributed by atoms with Gasteiger partial charge in [-0.2, -0.15) is 0 Å².